The summed E-state index contributed by atoms with van der Waals surface area (Å²) in [6.07, 6.45) is -0.0965. The Morgan fingerprint density at radius 2 is 2.24 bits per heavy atom. The Morgan fingerprint density at radius 3 is 2.82 bits per heavy atom. The Balaban J connectivity index is 2.67. The highest BCUT2D eigenvalue weighted by molar-refractivity contribution is 5.95. The van der Waals surface area contributed by atoms with E-state index in [-0.39, 0.29) is 12.2 Å². The van der Waals surface area contributed by atoms with Crippen LogP contribution in [0, 0.1) is 0 Å². The van der Waals surface area contributed by atoms with E-state index in [1.807, 2.05) is 0 Å². The third kappa shape index (κ3) is 3.96. The van der Waals surface area contributed by atoms with Gasteiger partial charge in [-0.2, -0.15) is 0 Å². The Kier molecular flexibility index (Phi) is 4.78. The summed E-state index contributed by atoms with van der Waals surface area (Å²) in [5, 5.41) is 9.04. The van der Waals surface area contributed by atoms with Crippen molar-refractivity contribution in [3.8, 4) is 5.75 Å². The number of nitrogen functional groups attached to an aromatic ring is 1. The molecule has 1 aromatic rings. The van der Waals surface area contributed by atoms with Crippen molar-refractivity contribution in [1.82, 2.24) is 0 Å². The minimum Gasteiger partial charge on any atom is -0.497 e. The highest BCUT2D eigenvalue weighted by atomic mass is 16.5. The lowest BCUT2D eigenvalue weighted by molar-refractivity contribution is 0.0445. The Morgan fingerprint density at radius 1 is 1.53 bits per heavy atom. The van der Waals surface area contributed by atoms with Gasteiger partial charge in [-0.05, 0) is 25.1 Å². The van der Waals surface area contributed by atoms with Crippen LogP contribution in [0.4, 0.5) is 5.69 Å². The lowest BCUT2D eigenvalue weighted by Gasteiger charge is -2.09. The van der Waals surface area contributed by atoms with E-state index in [2.05, 4.69) is 0 Å². The van der Waals surface area contributed by atoms with Gasteiger partial charge in [0.25, 0.3) is 0 Å². The molecule has 1 atom stereocenters. The molecule has 0 bridgehead atoms. The number of esters is 1. The van der Waals surface area contributed by atoms with E-state index in [4.69, 9.17) is 20.3 Å². The van der Waals surface area contributed by atoms with Gasteiger partial charge in [-0.1, -0.05) is 0 Å². The van der Waals surface area contributed by atoms with Gasteiger partial charge in [0.2, 0.25) is 0 Å². The summed E-state index contributed by atoms with van der Waals surface area (Å²) in [7, 11) is 1.51. The van der Waals surface area contributed by atoms with Crippen molar-refractivity contribution >= 4 is 11.7 Å². The largest absolute Gasteiger partial charge is 0.497 e. The first-order valence-corrected chi connectivity index (χ1v) is 5.33. The fraction of sp³-hybridized carbons (Fsp3) is 0.417. The fourth-order valence-corrected chi connectivity index (χ4v) is 1.24. The van der Waals surface area contributed by atoms with Crippen molar-refractivity contribution in [2.75, 3.05) is 19.5 Å². The van der Waals surface area contributed by atoms with Crippen molar-refractivity contribution in [1.29, 1.82) is 0 Å². The number of aliphatic hydroxyl groups is 1. The first-order chi connectivity index (χ1) is 8.04. The zero-order valence-electron chi connectivity index (χ0n) is 9.97. The number of aliphatic hydroxyl groups excluding tert-OH is 1. The quantitative estimate of drug-likeness (QED) is 0.596. The molecule has 3 N–H and O–H groups in total. The Hall–Kier alpha value is -1.75. The summed E-state index contributed by atoms with van der Waals surface area (Å²) in [4.78, 5) is 11.7. The molecule has 0 aliphatic carbocycles. The molecule has 0 radical (unpaired) electrons. The molecule has 0 aliphatic heterocycles. The number of benzene rings is 1. The molecule has 0 heterocycles. The summed E-state index contributed by atoms with van der Waals surface area (Å²) >= 11 is 0. The average Bonchev–Trinajstić information content (AvgIpc) is 2.29. The Labute approximate surface area is 100 Å². The van der Waals surface area contributed by atoms with Crippen molar-refractivity contribution < 1.29 is 19.4 Å². The summed E-state index contributed by atoms with van der Waals surface area (Å²) < 4.78 is 9.98. The van der Waals surface area contributed by atoms with E-state index in [1.165, 1.54) is 13.2 Å². The minimum absolute atomic E-state index is 0.160. The second-order valence-electron chi connectivity index (χ2n) is 3.73. The molecule has 0 amide bonds. The van der Waals surface area contributed by atoms with Crippen molar-refractivity contribution in [3.63, 3.8) is 0 Å². The van der Waals surface area contributed by atoms with E-state index in [9.17, 15) is 4.79 Å². The molecule has 0 fully saturated rings. The predicted molar refractivity (Wildman–Crippen MR) is 64.0 cm³/mol. The number of carbonyl (C=O) groups excluding carboxylic acids is 1. The second kappa shape index (κ2) is 6.10. The van der Waals surface area contributed by atoms with Gasteiger partial charge in [0, 0.05) is 12.1 Å². The number of nitrogens with two attached hydrogens (primary N) is 1. The van der Waals surface area contributed by atoms with E-state index >= 15 is 0 Å². The van der Waals surface area contributed by atoms with Crippen LogP contribution in [0.1, 0.15) is 23.7 Å². The number of ether oxygens (including phenoxy) is 2. The van der Waals surface area contributed by atoms with Crippen molar-refractivity contribution in [2.24, 2.45) is 0 Å². The molecule has 1 rings (SSSR count). The van der Waals surface area contributed by atoms with Crippen LogP contribution in [0.15, 0.2) is 18.2 Å². The standard InChI is InChI=1S/C12H17NO4/c1-8(14)5-6-17-12(15)10-7-9(16-2)3-4-11(10)13/h3-4,7-8,14H,5-6,13H2,1-2H3. The van der Waals surface area contributed by atoms with Crippen LogP contribution in [0.25, 0.3) is 0 Å². The molecule has 0 aliphatic rings. The number of hydrogen-bond acceptors (Lipinski definition) is 5. The van der Waals surface area contributed by atoms with Crippen LogP contribution >= 0.6 is 0 Å². The lowest BCUT2D eigenvalue weighted by atomic mass is 10.1. The minimum atomic E-state index is -0.512. The van der Waals surface area contributed by atoms with Gasteiger partial charge in [-0.3, -0.25) is 0 Å². The van der Waals surface area contributed by atoms with Gasteiger partial charge in [0.15, 0.2) is 0 Å². The van der Waals surface area contributed by atoms with Gasteiger partial charge < -0.3 is 20.3 Å². The summed E-state index contributed by atoms with van der Waals surface area (Å²) in [6, 6.07) is 4.78. The van der Waals surface area contributed by atoms with Crippen LogP contribution in [-0.2, 0) is 4.74 Å². The molecular formula is C12H17NO4. The smallest absolute Gasteiger partial charge is 0.340 e. The molecule has 0 aromatic heterocycles. The van der Waals surface area contributed by atoms with E-state index in [0.29, 0.717) is 17.9 Å². The maximum Gasteiger partial charge on any atom is 0.340 e. The summed E-state index contributed by atoms with van der Waals surface area (Å²) in [5.74, 6) is 0.0312. The highest BCUT2D eigenvalue weighted by Gasteiger charge is 2.12. The number of methoxy groups -OCH3 is 1. The summed E-state index contributed by atoms with van der Waals surface area (Å²) in [5.41, 5.74) is 6.28. The molecule has 0 spiro atoms. The zero-order chi connectivity index (χ0) is 12.8. The molecule has 1 unspecified atom stereocenters. The molecule has 5 heteroatoms. The second-order valence-corrected chi connectivity index (χ2v) is 3.73. The molecule has 0 saturated carbocycles. The van der Waals surface area contributed by atoms with Gasteiger partial charge in [-0.15, -0.1) is 0 Å². The molecular weight excluding hydrogens is 222 g/mol. The zero-order valence-corrected chi connectivity index (χ0v) is 9.97. The predicted octanol–water partition coefficient (Wildman–Crippen LogP) is 1.21. The van der Waals surface area contributed by atoms with Gasteiger partial charge in [0.1, 0.15) is 5.75 Å². The van der Waals surface area contributed by atoms with Crippen LogP contribution in [0.3, 0.4) is 0 Å². The third-order valence-corrected chi connectivity index (χ3v) is 2.25. The van der Waals surface area contributed by atoms with Gasteiger partial charge >= 0.3 is 5.97 Å². The lowest BCUT2D eigenvalue weighted by Crippen LogP contribution is -2.12. The SMILES string of the molecule is COc1ccc(N)c(C(=O)OCCC(C)O)c1. The van der Waals surface area contributed by atoms with Gasteiger partial charge in [-0.25, -0.2) is 4.79 Å². The van der Waals surface area contributed by atoms with Crippen molar-refractivity contribution in [2.45, 2.75) is 19.4 Å². The van der Waals surface area contributed by atoms with Crippen LogP contribution in [0.5, 0.6) is 5.75 Å². The van der Waals surface area contributed by atoms with E-state index < -0.39 is 12.1 Å². The monoisotopic (exact) mass is 239 g/mol. The van der Waals surface area contributed by atoms with E-state index in [1.54, 1.807) is 19.1 Å². The third-order valence-electron chi connectivity index (χ3n) is 2.25. The van der Waals surface area contributed by atoms with Crippen LogP contribution in [-0.4, -0.2) is 30.9 Å². The van der Waals surface area contributed by atoms with Crippen LogP contribution < -0.4 is 10.5 Å². The molecule has 1 aromatic carbocycles. The molecule has 17 heavy (non-hydrogen) atoms. The first-order valence-electron chi connectivity index (χ1n) is 5.33. The first kappa shape index (κ1) is 13.3. The normalized spacial score (nSPS) is 11.9. The molecule has 0 saturated heterocycles. The maximum atomic E-state index is 11.7. The number of anilines is 1. The van der Waals surface area contributed by atoms with Gasteiger partial charge in [0.05, 0.1) is 25.4 Å². The number of rotatable bonds is 5. The topological polar surface area (TPSA) is 81.8 Å². The molecule has 5 nitrogen and oxygen atoms in total. The van der Waals surface area contributed by atoms with Crippen molar-refractivity contribution in [3.05, 3.63) is 23.8 Å². The number of hydrogen-bond donors (Lipinski definition) is 2. The Bertz CT molecular complexity index is 390. The summed E-state index contributed by atoms with van der Waals surface area (Å²) in [6.45, 7) is 1.79. The molecule has 94 valence electrons. The van der Waals surface area contributed by atoms with E-state index in [0.717, 1.165) is 0 Å². The number of carbonyl (C=O) groups is 1. The maximum absolute atomic E-state index is 11.7. The highest BCUT2D eigenvalue weighted by Crippen LogP contribution is 2.20. The van der Waals surface area contributed by atoms with Crippen LogP contribution in [0.2, 0.25) is 0 Å². The fourth-order valence-electron chi connectivity index (χ4n) is 1.24. The average molecular weight is 239 g/mol.